The van der Waals surface area contributed by atoms with E-state index in [2.05, 4.69) is 4.72 Å². The molecule has 0 amide bonds. The van der Waals surface area contributed by atoms with Crippen molar-refractivity contribution in [1.29, 1.82) is 0 Å². The molecule has 7 heteroatoms. The molecular weight excluding hydrogens is 266 g/mol. The summed E-state index contributed by atoms with van der Waals surface area (Å²) in [5, 5.41) is 9.12. The Balaban J connectivity index is 3.10. The van der Waals surface area contributed by atoms with E-state index in [-0.39, 0.29) is 9.92 Å². The molecule has 0 radical (unpaired) electrons. The van der Waals surface area contributed by atoms with E-state index in [4.69, 9.17) is 16.7 Å². The van der Waals surface area contributed by atoms with E-state index in [9.17, 15) is 13.2 Å². The van der Waals surface area contributed by atoms with Crippen LogP contribution in [0.25, 0.3) is 0 Å². The molecule has 1 aromatic rings. The van der Waals surface area contributed by atoms with Crippen LogP contribution >= 0.6 is 11.6 Å². The first kappa shape index (κ1) is 14.0. The maximum Gasteiger partial charge on any atom is 0.324 e. The Hall–Kier alpha value is -1.11. The summed E-state index contributed by atoms with van der Waals surface area (Å²) in [4.78, 5) is 10.8. The van der Waals surface area contributed by atoms with Crippen molar-refractivity contribution in [2.75, 3.05) is 0 Å². The molecule has 0 aliphatic heterocycles. The molecular formula is C10H12ClNO4S. The number of aliphatic carboxylic acids is 1. The van der Waals surface area contributed by atoms with Gasteiger partial charge in [0.05, 0.1) is 4.90 Å². The SMILES string of the molecule is CC(C)(NS(=O)(=O)c1cccc(Cl)c1)C(=O)O. The lowest BCUT2D eigenvalue weighted by molar-refractivity contribution is -0.142. The zero-order valence-electron chi connectivity index (χ0n) is 9.27. The Bertz CT molecular complexity index is 539. The number of carboxylic acid groups (broad SMARTS) is 1. The second-order valence-corrected chi connectivity index (χ2v) is 6.11. The highest BCUT2D eigenvalue weighted by Gasteiger charge is 2.32. The van der Waals surface area contributed by atoms with Crippen molar-refractivity contribution in [3.8, 4) is 0 Å². The number of carboxylic acids is 1. The summed E-state index contributed by atoms with van der Waals surface area (Å²) in [6.45, 7) is 2.52. The number of hydrogen-bond donors (Lipinski definition) is 2. The summed E-state index contributed by atoms with van der Waals surface area (Å²) < 4.78 is 25.8. The number of carbonyl (C=O) groups is 1. The highest BCUT2D eigenvalue weighted by atomic mass is 35.5. The standard InChI is InChI=1S/C10H12ClNO4S/c1-10(2,9(13)14)12-17(15,16)8-5-3-4-7(11)6-8/h3-6,12H,1-2H3,(H,13,14). The second-order valence-electron chi connectivity index (χ2n) is 3.99. The largest absolute Gasteiger partial charge is 0.480 e. The van der Waals surface area contributed by atoms with Gasteiger partial charge in [-0.25, -0.2) is 8.42 Å². The van der Waals surface area contributed by atoms with Crippen molar-refractivity contribution in [1.82, 2.24) is 4.72 Å². The summed E-state index contributed by atoms with van der Waals surface area (Å²) in [7, 11) is -3.90. The van der Waals surface area contributed by atoms with Crippen LogP contribution in [0.4, 0.5) is 0 Å². The molecule has 0 saturated heterocycles. The third-order valence-corrected chi connectivity index (χ3v) is 3.92. The molecule has 94 valence electrons. The zero-order valence-corrected chi connectivity index (χ0v) is 10.8. The van der Waals surface area contributed by atoms with Crippen LogP contribution in [0.2, 0.25) is 5.02 Å². The van der Waals surface area contributed by atoms with Gasteiger partial charge >= 0.3 is 5.97 Å². The van der Waals surface area contributed by atoms with E-state index in [0.717, 1.165) is 0 Å². The van der Waals surface area contributed by atoms with E-state index >= 15 is 0 Å². The molecule has 0 fully saturated rings. The fraction of sp³-hybridized carbons (Fsp3) is 0.300. The Morgan fingerprint density at radius 2 is 2.00 bits per heavy atom. The Kier molecular flexibility index (Phi) is 3.81. The van der Waals surface area contributed by atoms with Gasteiger partial charge in [0.15, 0.2) is 0 Å². The van der Waals surface area contributed by atoms with Crippen LogP contribution in [-0.2, 0) is 14.8 Å². The van der Waals surface area contributed by atoms with Gasteiger partial charge < -0.3 is 5.11 Å². The fourth-order valence-electron chi connectivity index (χ4n) is 1.07. The van der Waals surface area contributed by atoms with Crippen molar-refractivity contribution in [2.45, 2.75) is 24.3 Å². The van der Waals surface area contributed by atoms with Crippen molar-refractivity contribution >= 4 is 27.6 Å². The minimum absolute atomic E-state index is 0.0701. The van der Waals surface area contributed by atoms with Crippen molar-refractivity contribution in [2.24, 2.45) is 0 Å². The van der Waals surface area contributed by atoms with Crippen LogP contribution < -0.4 is 4.72 Å². The van der Waals surface area contributed by atoms with E-state index in [1.54, 1.807) is 0 Å². The molecule has 0 aliphatic carbocycles. The van der Waals surface area contributed by atoms with Gasteiger partial charge in [0.1, 0.15) is 5.54 Å². The average molecular weight is 278 g/mol. The number of benzene rings is 1. The first-order valence-electron chi connectivity index (χ1n) is 4.68. The first-order chi connectivity index (χ1) is 7.65. The normalized spacial score (nSPS) is 12.4. The third kappa shape index (κ3) is 3.42. The highest BCUT2D eigenvalue weighted by molar-refractivity contribution is 7.89. The molecule has 1 aromatic carbocycles. The molecule has 1 rings (SSSR count). The summed E-state index contributed by atoms with van der Waals surface area (Å²) in [6, 6.07) is 5.60. The monoisotopic (exact) mass is 277 g/mol. The van der Waals surface area contributed by atoms with Crippen molar-refractivity contribution in [3.63, 3.8) is 0 Å². The predicted octanol–water partition coefficient (Wildman–Crippen LogP) is 1.48. The molecule has 17 heavy (non-hydrogen) atoms. The summed E-state index contributed by atoms with van der Waals surface area (Å²) >= 11 is 5.68. The smallest absolute Gasteiger partial charge is 0.324 e. The minimum Gasteiger partial charge on any atom is -0.480 e. The van der Waals surface area contributed by atoms with Crippen LogP contribution in [0.3, 0.4) is 0 Å². The van der Waals surface area contributed by atoms with E-state index in [1.807, 2.05) is 0 Å². The first-order valence-corrected chi connectivity index (χ1v) is 6.54. The molecule has 0 atom stereocenters. The van der Waals surface area contributed by atoms with E-state index in [0.29, 0.717) is 0 Å². The number of sulfonamides is 1. The van der Waals surface area contributed by atoms with E-state index in [1.165, 1.54) is 38.1 Å². The molecule has 0 aliphatic rings. The maximum atomic E-state index is 11.9. The van der Waals surface area contributed by atoms with Gasteiger partial charge in [-0.15, -0.1) is 0 Å². The number of rotatable bonds is 4. The number of hydrogen-bond acceptors (Lipinski definition) is 3. The number of nitrogens with one attached hydrogen (secondary N) is 1. The summed E-state index contributed by atoms with van der Waals surface area (Å²) in [5.41, 5.74) is -1.58. The lowest BCUT2D eigenvalue weighted by Gasteiger charge is -2.20. The molecule has 0 spiro atoms. The Morgan fingerprint density at radius 3 is 2.47 bits per heavy atom. The molecule has 0 heterocycles. The molecule has 2 N–H and O–H groups in total. The van der Waals surface area contributed by atoms with Crippen molar-refractivity contribution < 1.29 is 18.3 Å². The van der Waals surface area contributed by atoms with Gasteiger partial charge in [0.2, 0.25) is 10.0 Å². The topological polar surface area (TPSA) is 83.5 Å². The third-order valence-electron chi connectivity index (χ3n) is 2.03. The predicted molar refractivity (Wildman–Crippen MR) is 63.5 cm³/mol. The summed E-state index contributed by atoms with van der Waals surface area (Å²) in [5.74, 6) is -1.26. The molecule has 0 saturated carbocycles. The minimum atomic E-state index is -3.90. The van der Waals surface area contributed by atoms with Crippen molar-refractivity contribution in [3.05, 3.63) is 29.3 Å². The lowest BCUT2D eigenvalue weighted by Crippen LogP contribution is -2.49. The highest BCUT2D eigenvalue weighted by Crippen LogP contribution is 2.17. The van der Waals surface area contributed by atoms with E-state index < -0.39 is 21.5 Å². The molecule has 5 nitrogen and oxygen atoms in total. The molecule has 0 unspecified atom stereocenters. The van der Waals surface area contributed by atoms with Crippen LogP contribution in [0.1, 0.15) is 13.8 Å². The lowest BCUT2D eigenvalue weighted by atomic mass is 10.1. The molecule has 0 bridgehead atoms. The summed E-state index contributed by atoms with van der Waals surface area (Å²) in [6.07, 6.45) is 0. The van der Waals surface area contributed by atoms with Gasteiger partial charge in [-0.1, -0.05) is 17.7 Å². The zero-order chi connectivity index (χ0) is 13.3. The van der Waals surface area contributed by atoms with Crippen LogP contribution in [0, 0.1) is 0 Å². The molecule has 0 aromatic heterocycles. The number of halogens is 1. The average Bonchev–Trinajstić information content (AvgIpc) is 2.15. The Labute approximate surface area is 104 Å². The van der Waals surface area contributed by atoms with Gasteiger partial charge in [0.25, 0.3) is 0 Å². The van der Waals surface area contributed by atoms with Gasteiger partial charge in [-0.05, 0) is 32.0 Å². The van der Waals surface area contributed by atoms with Gasteiger partial charge in [-0.3, -0.25) is 4.79 Å². The van der Waals surface area contributed by atoms with Gasteiger partial charge in [-0.2, -0.15) is 4.72 Å². The van der Waals surface area contributed by atoms with Crippen LogP contribution in [-0.4, -0.2) is 25.0 Å². The second kappa shape index (κ2) is 4.64. The Morgan fingerprint density at radius 1 is 1.41 bits per heavy atom. The fourth-order valence-corrected chi connectivity index (χ4v) is 2.74. The van der Waals surface area contributed by atoms with Crippen LogP contribution in [0.15, 0.2) is 29.2 Å². The van der Waals surface area contributed by atoms with Gasteiger partial charge in [0, 0.05) is 5.02 Å². The quantitative estimate of drug-likeness (QED) is 0.873. The van der Waals surface area contributed by atoms with Crippen LogP contribution in [0.5, 0.6) is 0 Å². The maximum absolute atomic E-state index is 11.9.